The molecule has 3 aromatic carbocycles. The third-order valence-corrected chi connectivity index (χ3v) is 6.60. The summed E-state index contributed by atoms with van der Waals surface area (Å²) in [5.74, 6) is 0.0723. The van der Waals surface area contributed by atoms with E-state index in [0.717, 1.165) is 23.1 Å². The van der Waals surface area contributed by atoms with Crippen molar-refractivity contribution in [1.29, 1.82) is 0 Å². The maximum Gasteiger partial charge on any atom is 0.261 e. The van der Waals surface area contributed by atoms with Crippen molar-refractivity contribution in [2.45, 2.75) is 46.2 Å². The predicted octanol–water partition coefficient (Wildman–Crippen LogP) is 6.16. The summed E-state index contributed by atoms with van der Waals surface area (Å²) in [6.45, 7) is 6.45. The molecular weight excluding hydrogens is 495 g/mol. The molecule has 1 N–H and O–H groups in total. The molecular formula is C29H32Cl2N2O3. The van der Waals surface area contributed by atoms with Gasteiger partial charge in [-0.15, -0.1) is 0 Å². The molecule has 0 unspecified atom stereocenters. The Labute approximate surface area is 223 Å². The lowest BCUT2D eigenvalue weighted by molar-refractivity contribution is -0.142. The Hall–Kier alpha value is -3.02. The quantitative estimate of drug-likeness (QED) is 0.325. The Balaban J connectivity index is 1.92. The second-order valence-electron chi connectivity index (χ2n) is 8.79. The number of ether oxygens (including phenoxy) is 1. The van der Waals surface area contributed by atoms with Gasteiger partial charge in [-0.05, 0) is 66.8 Å². The molecule has 0 aliphatic rings. The van der Waals surface area contributed by atoms with E-state index in [4.69, 9.17) is 27.9 Å². The Morgan fingerprint density at radius 2 is 1.72 bits per heavy atom. The summed E-state index contributed by atoms with van der Waals surface area (Å²) in [5, 5.41) is 3.89. The van der Waals surface area contributed by atoms with Crippen LogP contribution in [0.5, 0.6) is 5.75 Å². The Morgan fingerprint density at radius 1 is 0.972 bits per heavy atom. The molecule has 0 aromatic heterocycles. The van der Waals surface area contributed by atoms with Gasteiger partial charge < -0.3 is 15.0 Å². The van der Waals surface area contributed by atoms with Gasteiger partial charge in [-0.1, -0.05) is 72.6 Å². The summed E-state index contributed by atoms with van der Waals surface area (Å²) < 4.78 is 5.86. The van der Waals surface area contributed by atoms with Gasteiger partial charge >= 0.3 is 0 Å². The van der Waals surface area contributed by atoms with Crippen LogP contribution in [0.2, 0.25) is 10.0 Å². The number of amides is 2. The average molecular weight is 527 g/mol. The first-order valence-electron chi connectivity index (χ1n) is 12.0. The zero-order chi connectivity index (χ0) is 26.1. The highest BCUT2D eigenvalue weighted by Crippen LogP contribution is 2.24. The molecule has 3 aromatic rings. The van der Waals surface area contributed by atoms with Crippen LogP contribution in [0.3, 0.4) is 0 Å². The van der Waals surface area contributed by atoms with Crippen molar-refractivity contribution in [2.75, 3.05) is 13.2 Å². The highest BCUT2D eigenvalue weighted by Gasteiger charge is 2.31. The van der Waals surface area contributed by atoms with Gasteiger partial charge in [-0.3, -0.25) is 9.59 Å². The third kappa shape index (κ3) is 7.74. The number of nitrogens with one attached hydrogen (secondary N) is 1. The minimum absolute atomic E-state index is 0.141. The second-order valence-corrected chi connectivity index (χ2v) is 9.63. The maximum absolute atomic E-state index is 13.6. The molecule has 0 radical (unpaired) electrons. The van der Waals surface area contributed by atoms with Gasteiger partial charge in [0.05, 0.1) is 0 Å². The van der Waals surface area contributed by atoms with Crippen LogP contribution in [0.25, 0.3) is 0 Å². The lowest BCUT2D eigenvalue weighted by atomic mass is 10.0. The fraction of sp³-hybridized carbons (Fsp3) is 0.310. The van der Waals surface area contributed by atoms with Gasteiger partial charge in [0.1, 0.15) is 11.8 Å². The van der Waals surface area contributed by atoms with E-state index in [-0.39, 0.29) is 25.0 Å². The zero-order valence-corrected chi connectivity index (χ0v) is 22.4. The minimum atomic E-state index is -0.749. The van der Waals surface area contributed by atoms with Crippen molar-refractivity contribution in [1.82, 2.24) is 10.2 Å². The molecule has 0 fully saturated rings. The van der Waals surface area contributed by atoms with Gasteiger partial charge in [0, 0.05) is 29.6 Å². The van der Waals surface area contributed by atoms with Gasteiger partial charge in [-0.25, -0.2) is 0 Å². The highest BCUT2D eigenvalue weighted by molar-refractivity contribution is 6.35. The molecule has 0 heterocycles. The number of hydrogen-bond acceptors (Lipinski definition) is 3. The lowest BCUT2D eigenvalue weighted by Crippen LogP contribution is -2.51. The van der Waals surface area contributed by atoms with Gasteiger partial charge in [0.15, 0.2) is 6.61 Å². The first-order chi connectivity index (χ1) is 17.3. The topological polar surface area (TPSA) is 58.6 Å². The number of nitrogens with zero attached hydrogens (tertiary/aromatic N) is 1. The van der Waals surface area contributed by atoms with E-state index in [1.165, 1.54) is 0 Å². The van der Waals surface area contributed by atoms with Gasteiger partial charge in [-0.2, -0.15) is 0 Å². The molecule has 0 saturated heterocycles. The van der Waals surface area contributed by atoms with Crippen LogP contribution in [-0.2, 0) is 22.6 Å². The Morgan fingerprint density at radius 3 is 2.39 bits per heavy atom. The molecule has 0 saturated carbocycles. The molecule has 0 spiro atoms. The van der Waals surface area contributed by atoms with Gasteiger partial charge in [0.2, 0.25) is 5.91 Å². The molecule has 1 atom stereocenters. The molecule has 0 aliphatic carbocycles. The van der Waals surface area contributed by atoms with E-state index in [9.17, 15) is 9.59 Å². The van der Waals surface area contributed by atoms with Crippen LogP contribution in [0.4, 0.5) is 0 Å². The molecule has 190 valence electrons. The SMILES string of the molecule is CCCNC(=O)[C@H](Cc1ccccc1)N(Cc1ccc(Cl)cc1Cl)C(=O)COc1ccc(C)c(C)c1. The third-order valence-electron chi connectivity index (χ3n) is 6.02. The minimum Gasteiger partial charge on any atom is -0.484 e. The fourth-order valence-electron chi connectivity index (χ4n) is 3.79. The average Bonchev–Trinajstić information content (AvgIpc) is 2.87. The normalized spacial score (nSPS) is 11.6. The smallest absolute Gasteiger partial charge is 0.261 e. The first kappa shape index (κ1) is 27.6. The second kappa shape index (κ2) is 13.3. The Kier molecular flexibility index (Phi) is 10.2. The standard InChI is InChI=1S/C29H32Cl2N2O3/c1-4-14-32-29(35)27(16-22-8-6-5-7-9-22)33(18-23-11-12-24(30)17-26(23)31)28(34)19-36-25-13-10-20(2)21(3)15-25/h5-13,15,17,27H,4,14,16,18-19H2,1-3H3,(H,32,35)/t27-/m0/s1. The predicted molar refractivity (Wildman–Crippen MR) is 146 cm³/mol. The van der Waals surface area contributed by atoms with Crippen LogP contribution >= 0.6 is 23.2 Å². The molecule has 3 rings (SSSR count). The maximum atomic E-state index is 13.6. The monoisotopic (exact) mass is 526 g/mol. The summed E-state index contributed by atoms with van der Waals surface area (Å²) in [4.78, 5) is 28.5. The fourth-order valence-corrected chi connectivity index (χ4v) is 4.25. The van der Waals surface area contributed by atoms with Crippen LogP contribution in [0.1, 0.15) is 35.6 Å². The molecule has 36 heavy (non-hydrogen) atoms. The van der Waals surface area contributed by atoms with E-state index in [1.54, 1.807) is 23.1 Å². The van der Waals surface area contributed by atoms with Crippen molar-refractivity contribution < 1.29 is 14.3 Å². The van der Waals surface area contributed by atoms with Crippen molar-refractivity contribution >= 4 is 35.0 Å². The zero-order valence-electron chi connectivity index (χ0n) is 20.9. The number of hydrogen-bond donors (Lipinski definition) is 1. The van der Waals surface area contributed by atoms with Crippen LogP contribution in [-0.4, -0.2) is 35.9 Å². The highest BCUT2D eigenvalue weighted by atomic mass is 35.5. The number of carbonyl (C=O) groups is 2. The van der Waals surface area contributed by atoms with E-state index in [0.29, 0.717) is 34.3 Å². The van der Waals surface area contributed by atoms with Crippen molar-refractivity contribution in [3.63, 3.8) is 0 Å². The Bertz CT molecular complexity index is 1180. The summed E-state index contributed by atoms with van der Waals surface area (Å²) in [6.07, 6.45) is 1.15. The molecule has 0 aliphatic heterocycles. The van der Waals surface area contributed by atoms with E-state index in [1.807, 2.05) is 69.3 Å². The number of benzene rings is 3. The number of carbonyl (C=O) groups excluding carboxylic acids is 2. The van der Waals surface area contributed by atoms with Crippen molar-refractivity contribution in [2.24, 2.45) is 0 Å². The van der Waals surface area contributed by atoms with E-state index in [2.05, 4.69) is 5.32 Å². The summed E-state index contributed by atoms with van der Waals surface area (Å²) in [6, 6.07) is 19.7. The molecule has 2 amide bonds. The summed E-state index contributed by atoms with van der Waals surface area (Å²) >= 11 is 12.5. The molecule has 5 nitrogen and oxygen atoms in total. The lowest BCUT2D eigenvalue weighted by Gasteiger charge is -2.31. The molecule has 7 heteroatoms. The van der Waals surface area contributed by atoms with Crippen LogP contribution < -0.4 is 10.1 Å². The summed E-state index contributed by atoms with van der Waals surface area (Å²) in [7, 11) is 0. The van der Waals surface area contributed by atoms with Crippen LogP contribution in [0, 0.1) is 13.8 Å². The van der Waals surface area contributed by atoms with E-state index < -0.39 is 6.04 Å². The van der Waals surface area contributed by atoms with E-state index >= 15 is 0 Å². The number of aryl methyl sites for hydroxylation is 2. The van der Waals surface area contributed by atoms with Crippen molar-refractivity contribution in [3.8, 4) is 5.75 Å². The number of rotatable bonds is 11. The summed E-state index contributed by atoms with van der Waals surface area (Å²) in [5.41, 5.74) is 3.86. The van der Waals surface area contributed by atoms with Crippen molar-refractivity contribution in [3.05, 3.63) is 99.0 Å². The first-order valence-corrected chi connectivity index (χ1v) is 12.8. The van der Waals surface area contributed by atoms with Crippen LogP contribution in [0.15, 0.2) is 66.7 Å². The largest absolute Gasteiger partial charge is 0.484 e. The number of halogens is 2. The van der Waals surface area contributed by atoms with Gasteiger partial charge in [0.25, 0.3) is 5.91 Å². The molecule has 0 bridgehead atoms.